The molecule has 5 nitrogen and oxygen atoms in total. The van der Waals surface area contributed by atoms with E-state index in [0.29, 0.717) is 18.9 Å². The Bertz CT molecular complexity index is 392. The lowest BCUT2D eigenvalue weighted by atomic mass is 10.1. The molecular formula is C18H35N3O2. The Balaban J connectivity index is 2.70. The maximum atomic E-state index is 12.9. The van der Waals surface area contributed by atoms with Crippen LogP contribution < -0.4 is 0 Å². The van der Waals surface area contributed by atoms with Gasteiger partial charge in [-0.1, -0.05) is 27.7 Å². The van der Waals surface area contributed by atoms with Crippen LogP contribution in [0.25, 0.3) is 0 Å². The number of nitrogens with zero attached hydrogens (tertiary/aromatic N) is 3. The molecule has 0 aliphatic carbocycles. The highest BCUT2D eigenvalue weighted by Crippen LogP contribution is 2.22. The molecule has 1 aliphatic rings. The molecule has 0 aromatic carbocycles. The number of carbonyl (C=O) groups excluding carboxylic acids is 2. The van der Waals surface area contributed by atoms with Crippen LogP contribution in [-0.2, 0) is 9.59 Å². The fourth-order valence-electron chi connectivity index (χ4n) is 3.19. The molecule has 0 radical (unpaired) electrons. The Morgan fingerprint density at radius 3 is 2.22 bits per heavy atom. The van der Waals surface area contributed by atoms with Gasteiger partial charge in [-0.05, 0) is 32.9 Å². The lowest BCUT2D eigenvalue weighted by Crippen LogP contribution is -2.44. The van der Waals surface area contributed by atoms with Gasteiger partial charge in [-0.15, -0.1) is 0 Å². The van der Waals surface area contributed by atoms with Crippen molar-refractivity contribution in [1.82, 2.24) is 14.7 Å². The molecule has 1 unspecified atom stereocenters. The molecule has 0 aromatic heterocycles. The van der Waals surface area contributed by atoms with Crippen LogP contribution in [0.4, 0.5) is 0 Å². The molecule has 0 N–H and O–H groups in total. The van der Waals surface area contributed by atoms with Gasteiger partial charge in [0.1, 0.15) is 0 Å². The Morgan fingerprint density at radius 2 is 1.78 bits per heavy atom. The number of rotatable bonds is 9. The van der Waals surface area contributed by atoms with Gasteiger partial charge in [0.05, 0.1) is 5.92 Å². The second-order valence-corrected chi connectivity index (χ2v) is 7.25. The van der Waals surface area contributed by atoms with Crippen molar-refractivity contribution in [3.63, 3.8) is 0 Å². The summed E-state index contributed by atoms with van der Waals surface area (Å²) in [4.78, 5) is 31.1. The molecule has 1 atom stereocenters. The Morgan fingerprint density at radius 1 is 1.17 bits per heavy atom. The van der Waals surface area contributed by atoms with Crippen LogP contribution in [0.2, 0.25) is 0 Å². The van der Waals surface area contributed by atoms with E-state index in [9.17, 15) is 9.59 Å². The second-order valence-electron chi connectivity index (χ2n) is 7.25. The third-order valence-electron chi connectivity index (χ3n) is 4.61. The molecule has 0 aromatic rings. The third-order valence-corrected chi connectivity index (χ3v) is 4.61. The van der Waals surface area contributed by atoms with E-state index in [2.05, 4.69) is 32.6 Å². The third kappa shape index (κ3) is 5.79. The van der Waals surface area contributed by atoms with Crippen molar-refractivity contribution in [2.24, 2.45) is 11.8 Å². The molecule has 0 saturated carbocycles. The van der Waals surface area contributed by atoms with Crippen LogP contribution in [0.15, 0.2) is 0 Å². The van der Waals surface area contributed by atoms with Crippen LogP contribution >= 0.6 is 0 Å². The minimum atomic E-state index is -0.166. The summed E-state index contributed by atoms with van der Waals surface area (Å²) >= 11 is 0. The summed E-state index contributed by atoms with van der Waals surface area (Å²) in [6.07, 6.45) is 0.372. The van der Waals surface area contributed by atoms with Gasteiger partial charge in [-0.3, -0.25) is 9.59 Å². The first-order valence-corrected chi connectivity index (χ1v) is 9.10. The van der Waals surface area contributed by atoms with Crippen LogP contribution in [-0.4, -0.2) is 71.8 Å². The molecule has 1 fully saturated rings. The van der Waals surface area contributed by atoms with Crippen LogP contribution in [0.3, 0.4) is 0 Å². The van der Waals surface area contributed by atoms with Crippen molar-refractivity contribution in [3.8, 4) is 0 Å². The monoisotopic (exact) mass is 325 g/mol. The molecule has 23 heavy (non-hydrogen) atoms. The van der Waals surface area contributed by atoms with E-state index in [4.69, 9.17) is 0 Å². The van der Waals surface area contributed by atoms with Crippen LogP contribution in [0, 0.1) is 11.8 Å². The van der Waals surface area contributed by atoms with Gasteiger partial charge >= 0.3 is 0 Å². The van der Waals surface area contributed by atoms with Crippen molar-refractivity contribution in [2.75, 3.05) is 39.3 Å². The molecule has 1 heterocycles. The first-order valence-electron chi connectivity index (χ1n) is 9.10. The molecule has 1 aliphatic heterocycles. The van der Waals surface area contributed by atoms with Crippen molar-refractivity contribution in [2.45, 2.75) is 54.0 Å². The van der Waals surface area contributed by atoms with E-state index >= 15 is 0 Å². The summed E-state index contributed by atoms with van der Waals surface area (Å²) < 4.78 is 0. The number of likely N-dealkylation sites (tertiary alicyclic amines) is 1. The van der Waals surface area contributed by atoms with E-state index < -0.39 is 0 Å². The van der Waals surface area contributed by atoms with Gasteiger partial charge in [-0.2, -0.15) is 0 Å². The average molecular weight is 325 g/mol. The quantitative estimate of drug-likeness (QED) is 0.652. The van der Waals surface area contributed by atoms with Crippen LogP contribution in [0.1, 0.15) is 48.0 Å². The Kier molecular flexibility index (Phi) is 8.03. The van der Waals surface area contributed by atoms with Gasteiger partial charge < -0.3 is 14.7 Å². The number of hydrogen-bond donors (Lipinski definition) is 0. The molecule has 1 rings (SSSR count). The van der Waals surface area contributed by atoms with E-state index in [0.717, 1.165) is 32.7 Å². The van der Waals surface area contributed by atoms with E-state index in [-0.39, 0.29) is 23.8 Å². The smallest absolute Gasteiger partial charge is 0.228 e. The molecule has 5 heteroatoms. The largest absolute Gasteiger partial charge is 0.341 e. The van der Waals surface area contributed by atoms with Gasteiger partial charge in [0.25, 0.3) is 0 Å². The lowest BCUT2D eigenvalue weighted by Gasteiger charge is -2.30. The zero-order chi connectivity index (χ0) is 17.6. The van der Waals surface area contributed by atoms with Gasteiger partial charge in [0, 0.05) is 38.6 Å². The molecule has 0 spiro atoms. The molecule has 134 valence electrons. The lowest BCUT2D eigenvalue weighted by molar-refractivity contribution is -0.136. The number of hydrogen-bond acceptors (Lipinski definition) is 3. The zero-order valence-corrected chi connectivity index (χ0v) is 15.8. The number of likely N-dealkylation sites (N-methyl/N-ethyl adjacent to an activating group) is 1. The first-order chi connectivity index (χ1) is 10.8. The van der Waals surface area contributed by atoms with E-state index in [1.165, 1.54) is 0 Å². The van der Waals surface area contributed by atoms with Crippen LogP contribution in [0.5, 0.6) is 0 Å². The van der Waals surface area contributed by atoms with Gasteiger partial charge in [-0.25, -0.2) is 0 Å². The predicted octanol–water partition coefficient (Wildman–Crippen LogP) is 2.07. The fourth-order valence-corrected chi connectivity index (χ4v) is 3.19. The van der Waals surface area contributed by atoms with Crippen molar-refractivity contribution >= 4 is 11.8 Å². The summed E-state index contributed by atoms with van der Waals surface area (Å²) in [5.74, 6) is 0.545. The topological polar surface area (TPSA) is 43.9 Å². The Hall–Kier alpha value is -1.10. The summed E-state index contributed by atoms with van der Waals surface area (Å²) in [6, 6.07) is 0.175. The average Bonchev–Trinajstić information content (AvgIpc) is 2.88. The summed E-state index contributed by atoms with van der Waals surface area (Å²) in [6.45, 7) is 17.6. The van der Waals surface area contributed by atoms with Crippen molar-refractivity contribution < 1.29 is 9.59 Å². The fraction of sp³-hybridized carbons (Fsp3) is 0.889. The summed E-state index contributed by atoms with van der Waals surface area (Å²) in [5, 5.41) is 0. The summed E-state index contributed by atoms with van der Waals surface area (Å²) in [5.41, 5.74) is 0. The number of amides is 2. The molecule has 2 amide bonds. The van der Waals surface area contributed by atoms with E-state index in [1.54, 1.807) is 0 Å². The maximum Gasteiger partial charge on any atom is 0.228 e. The molecule has 1 saturated heterocycles. The Labute approximate surface area is 142 Å². The minimum Gasteiger partial charge on any atom is -0.341 e. The van der Waals surface area contributed by atoms with Crippen molar-refractivity contribution in [1.29, 1.82) is 0 Å². The predicted molar refractivity (Wildman–Crippen MR) is 94.2 cm³/mol. The maximum absolute atomic E-state index is 12.9. The summed E-state index contributed by atoms with van der Waals surface area (Å²) in [7, 11) is 0. The van der Waals surface area contributed by atoms with Gasteiger partial charge in [0.15, 0.2) is 0 Å². The van der Waals surface area contributed by atoms with Crippen molar-refractivity contribution in [3.05, 3.63) is 0 Å². The second kappa shape index (κ2) is 9.26. The van der Waals surface area contributed by atoms with Gasteiger partial charge in [0.2, 0.25) is 11.8 Å². The normalized spacial score (nSPS) is 18.6. The first kappa shape index (κ1) is 19.9. The molecule has 0 bridgehead atoms. The highest BCUT2D eigenvalue weighted by atomic mass is 16.2. The highest BCUT2D eigenvalue weighted by Gasteiger charge is 2.37. The zero-order valence-electron chi connectivity index (χ0n) is 15.8. The highest BCUT2D eigenvalue weighted by molar-refractivity contribution is 5.89. The molecular weight excluding hydrogens is 290 g/mol. The van der Waals surface area contributed by atoms with E-state index in [1.807, 2.05) is 23.6 Å². The number of carbonyl (C=O) groups is 2. The SMILES string of the molecule is CCN(CC)CCN(CC(C)C)C(=O)C1CC(=O)N(C(C)C)C1. The standard InChI is InChI=1S/C18H35N3O2/c1-7-19(8-2)9-10-20(12-14(3)4)18(23)16-11-17(22)21(13-16)15(5)6/h14-16H,7-13H2,1-6H3. The minimum absolute atomic E-state index is 0.117.